The van der Waals surface area contributed by atoms with Crippen LogP contribution in [0, 0.1) is 31.1 Å². The molecule has 0 aliphatic rings. The minimum Gasteiger partial charge on any atom is -0.451 e. The molecule has 2 N–H and O–H groups in total. The van der Waals surface area contributed by atoms with Gasteiger partial charge in [0.1, 0.15) is 12.1 Å². The van der Waals surface area contributed by atoms with Crippen molar-refractivity contribution in [3.63, 3.8) is 0 Å². The molecule has 7 heteroatoms. The lowest BCUT2D eigenvalue weighted by atomic mass is 9.90. The van der Waals surface area contributed by atoms with E-state index in [0.29, 0.717) is 5.56 Å². The Morgan fingerprint density at radius 2 is 1.81 bits per heavy atom. The predicted octanol–water partition coefficient (Wildman–Crippen LogP) is 2.02. The molecule has 0 saturated carbocycles. The minimum atomic E-state index is -1.08. The second-order valence-corrected chi connectivity index (χ2v) is 7.07. The van der Waals surface area contributed by atoms with Crippen LogP contribution in [0.2, 0.25) is 0 Å². The number of benzene rings is 1. The van der Waals surface area contributed by atoms with Gasteiger partial charge in [-0.05, 0) is 56.9 Å². The maximum Gasteiger partial charge on any atom is 0.326 e. The van der Waals surface area contributed by atoms with Crippen molar-refractivity contribution in [1.82, 2.24) is 10.6 Å². The highest BCUT2D eigenvalue weighted by Gasteiger charge is 2.32. The van der Waals surface area contributed by atoms with Crippen LogP contribution in [-0.4, -0.2) is 36.0 Å². The highest BCUT2D eigenvalue weighted by molar-refractivity contribution is 5.96. The Labute approximate surface area is 160 Å². The molecular formula is C20H27N3O4. The fourth-order valence-corrected chi connectivity index (χ4v) is 2.09. The summed E-state index contributed by atoms with van der Waals surface area (Å²) < 4.78 is 5.04. The van der Waals surface area contributed by atoms with E-state index in [0.717, 1.165) is 11.1 Å². The van der Waals surface area contributed by atoms with E-state index in [2.05, 4.69) is 16.7 Å². The summed E-state index contributed by atoms with van der Waals surface area (Å²) in [5, 5.41) is 14.3. The Morgan fingerprint density at radius 1 is 1.19 bits per heavy atom. The molecular weight excluding hydrogens is 346 g/mol. The van der Waals surface area contributed by atoms with Crippen molar-refractivity contribution in [3.05, 3.63) is 34.9 Å². The van der Waals surface area contributed by atoms with Gasteiger partial charge in [0.25, 0.3) is 11.8 Å². The van der Waals surface area contributed by atoms with Gasteiger partial charge in [0.2, 0.25) is 0 Å². The van der Waals surface area contributed by atoms with E-state index in [1.54, 1.807) is 19.1 Å². The van der Waals surface area contributed by atoms with Gasteiger partial charge in [-0.15, -0.1) is 0 Å². The van der Waals surface area contributed by atoms with Crippen molar-refractivity contribution in [3.8, 4) is 6.07 Å². The number of esters is 1. The Balaban J connectivity index is 2.56. The normalized spacial score (nSPS) is 13.9. The number of hydrogen-bond acceptors (Lipinski definition) is 5. The maximum atomic E-state index is 12.2. The van der Waals surface area contributed by atoms with E-state index in [1.807, 2.05) is 33.8 Å². The number of ether oxygens (including phenoxy) is 1. The van der Waals surface area contributed by atoms with Gasteiger partial charge in [-0.1, -0.05) is 19.9 Å². The van der Waals surface area contributed by atoms with Gasteiger partial charge in [-0.25, -0.2) is 0 Å². The molecule has 0 bridgehead atoms. The van der Waals surface area contributed by atoms with Crippen molar-refractivity contribution in [1.29, 1.82) is 5.26 Å². The second-order valence-electron chi connectivity index (χ2n) is 7.07. The Morgan fingerprint density at radius 3 is 2.33 bits per heavy atom. The first-order valence-electron chi connectivity index (χ1n) is 8.78. The van der Waals surface area contributed by atoms with Gasteiger partial charge in [-0.3, -0.25) is 14.4 Å². The molecule has 2 amide bonds. The SMILES string of the molecule is Cc1ccc(C(=O)NCC(=O)O[C@H](C)C(=O)N[C@](C)(C#N)C(C)C)cc1C. The highest BCUT2D eigenvalue weighted by atomic mass is 16.5. The van der Waals surface area contributed by atoms with Crippen LogP contribution in [0.5, 0.6) is 0 Å². The highest BCUT2D eigenvalue weighted by Crippen LogP contribution is 2.15. The average Bonchev–Trinajstić information content (AvgIpc) is 2.61. The first kappa shape index (κ1) is 22.2. The molecule has 7 nitrogen and oxygen atoms in total. The molecule has 0 heterocycles. The number of nitrogens with one attached hydrogen (secondary N) is 2. The molecule has 0 radical (unpaired) electrons. The lowest BCUT2D eigenvalue weighted by Crippen LogP contribution is -2.52. The second kappa shape index (κ2) is 9.17. The van der Waals surface area contributed by atoms with Crippen LogP contribution in [0.4, 0.5) is 0 Å². The Bertz CT molecular complexity index is 767. The van der Waals surface area contributed by atoms with Crippen molar-refractivity contribution in [2.24, 2.45) is 5.92 Å². The number of nitriles is 1. The Hall–Kier alpha value is -2.88. The van der Waals surface area contributed by atoms with Gasteiger partial charge in [0.05, 0.1) is 6.07 Å². The largest absolute Gasteiger partial charge is 0.451 e. The summed E-state index contributed by atoms with van der Waals surface area (Å²) in [6.45, 7) is 10.1. The van der Waals surface area contributed by atoms with Crippen LogP contribution in [-0.2, 0) is 14.3 Å². The van der Waals surface area contributed by atoms with E-state index in [9.17, 15) is 19.6 Å². The molecule has 146 valence electrons. The summed E-state index contributed by atoms with van der Waals surface area (Å²) in [6, 6.07) is 7.29. The number of amides is 2. The standard InChI is InChI=1S/C20H27N3O4/c1-12(2)20(6,11-21)23-18(25)15(5)27-17(24)10-22-19(26)16-8-7-13(3)14(4)9-16/h7-9,12,15H,10H2,1-6H3,(H,22,26)(H,23,25)/t15-,20-/m1/s1. The van der Waals surface area contributed by atoms with Crippen molar-refractivity contribution >= 4 is 17.8 Å². The number of aryl methyl sites for hydroxylation is 2. The quantitative estimate of drug-likeness (QED) is 0.711. The zero-order valence-corrected chi connectivity index (χ0v) is 16.7. The molecule has 0 aliphatic heterocycles. The zero-order valence-electron chi connectivity index (χ0n) is 16.7. The fourth-order valence-electron chi connectivity index (χ4n) is 2.09. The minimum absolute atomic E-state index is 0.119. The predicted molar refractivity (Wildman–Crippen MR) is 101 cm³/mol. The van der Waals surface area contributed by atoms with Gasteiger partial charge >= 0.3 is 5.97 Å². The van der Waals surface area contributed by atoms with Crippen LogP contribution >= 0.6 is 0 Å². The molecule has 0 fully saturated rings. The van der Waals surface area contributed by atoms with E-state index in [1.165, 1.54) is 6.92 Å². The van der Waals surface area contributed by atoms with Gasteiger partial charge in [-0.2, -0.15) is 5.26 Å². The maximum absolute atomic E-state index is 12.2. The molecule has 2 atom stereocenters. The molecule has 1 rings (SSSR count). The van der Waals surface area contributed by atoms with Crippen molar-refractivity contribution < 1.29 is 19.1 Å². The fraction of sp³-hybridized carbons (Fsp3) is 0.500. The van der Waals surface area contributed by atoms with E-state index < -0.39 is 29.4 Å². The van der Waals surface area contributed by atoms with Crippen LogP contribution < -0.4 is 10.6 Å². The monoisotopic (exact) mass is 373 g/mol. The molecule has 0 saturated heterocycles. The van der Waals surface area contributed by atoms with Gasteiger partial charge in [0, 0.05) is 5.56 Å². The molecule has 1 aromatic carbocycles. The third kappa shape index (κ3) is 6.10. The molecule has 0 aromatic heterocycles. The van der Waals surface area contributed by atoms with Crippen LogP contribution in [0.3, 0.4) is 0 Å². The smallest absolute Gasteiger partial charge is 0.326 e. The molecule has 0 aliphatic carbocycles. The summed E-state index contributed by atoms with van der Waals surface area (Å²) in [4.78, 5) is 36.2. The average molecular weight is 373 g/mol. The first-order chi connectivity index (χ1) is 12.5. The molecule has 0 spiro atoms. The number of hydrogen-bond donors (Lipinski definition) is 2. The van der Waals surface area contributed by atoms with Gasteiger partial charge in [0.15, 0.2) is 6.10 Å². The van der Waals surface area contributed by atoms with E-state index in [4.69, 9.17) is 4.74 Å². The van der Waals surface area contributed by atoms with Crippen LogP contribution in [0.25, 0.3) is 0 Å². The topological polar surface area (TPSA) is 108 Å². The lowest BCUT2D eigenvalue weighted by molar-refractivity contribution is -0.154. The zero-order chi connectivity index (χ0) is 20.8. The third-order valence-corrected chi connectivity index (χ3v) is 4.61. The third-order valence-electron chi connectivity index (χ3n) is 4.61. The lowest BCUT2D eigenvalue weighted by Gasteiger charge is -2.28. The number of rotatable bonds is 7. The van der Waals surface area contributed by atoms with E-state index in [-0.39, 0.29) is 12.5 Å². The van der Waals surface area contributed by atoms with Crippen LogP contribution in [0.15, 0.2) is 18.2 Å². The summed E-state index contributed by atoms with van der Waals surface area (Å²) >= 11 is 0. The molecule has 0 unspecified atom stereocenters. The number of nitrogens with zero attached hydrogens (tertiary/aromatic N) is 1. The van der Waals surface area contributed by atoms with E-state index >= 15 is 0 Å². The first-order valence-corrected chi connectivity index (χ1v) is 8.78. The summed E-state index contributed by atoms with van der Waals surface area (Å²) in [5.41, 5.74) is 1.42. The van der Waals surface area contributed by atoms with Crippen molar-refractivity contribution in [2.45, 2.75) is 53.2 Å². The Kier molecular flexibility index (Phi) is 7.53. The van der Waals surface area contributed by atoms with Gasteiger partial charge < -0.3 is 15.4 Å². The molecule has 1 aromatic rings. The number of carbonyl (C=O) groups is 3. The van der Waals surface area contributed by atoms with Crippen LogP contribution in [0.1, 0.15) is 49.2 Å². The summed E-state index contributed by atoms with van der Waals surface area (Å²) in [6.07, 6.45) is -1.08. The molecule has 27 heavy (non-hydrogen) atoms. The number of carbonyl (C=O) groups excluding carboxylic acids is 3. The summed E-state index contributed by atoms with van der Waals surface area (Å²) in [7, 11) is 0. The summed E-state index contributed by atoms with van der Waals surface area (Å²) in [5.74, 6) is -1.82. The van der Waals surface area contributed by atoms with Crippen molar-refractivity contribution in [2.75, 3.05) is 6.54 Å².